The molecule has 0 bridgehead atoms. The predicted octanol–water partition coefficient (Wildman–Crippen LogP) is 1.20. The minimum Gasteiger partial charge on any atom is -0.254 e. The number of nitrogens with one attached hydrogen (secondary N) is 1. The number of aromatic nitrogens is 3. The fraction of sp³-hybridized carbons (Fsp3) is 0.667. The van der Waals surface area contributed by atoms with Crippen molar-refractivity contribution in [1.82, 2.24) is 14.8 Å². The molecule has 0 aliphatic rings. The molecule has 0 aromatic carbocycles. The second-order valence-electron chi connectivity index (χ2n) is 2.43. The van der Waals surface area contributed by atoms with E-state index in [2.05, 4.69) is 10.1 Å². The molecule has 11 heavy (non-hydrogen) atoms. The summed E-state index contributed by atoms with van der Waals surface area (Å²) in [6.07, 6.45) is 0.909. The van der Waals surface area contributed by atoms with Gasteiger partial charge in [-0.15, -0.1) is 0 Å². The summed E-state index contributed by atoms with van der Waals surface area (Å²) < 4.78 is 1.56. The number of halogens is 1. The van der Waals surface area contributed by atoms with E-state index in [1.165, 1.54) is 0 Å². The molecule has 0 fully saturated rings. The largest absolute Gasteiger partial charge is 0.362 e. The number of nitrogens with zero attached hydrogens (tertiary/aromatic N) is 2. The zero-order valence-electron chi connectivity index (χ0n) is 6.47. The van der Waals surface area contributed by atoms with Crippen LogP contribution in [0.4, 0.5) is 0 Å². The highest BCUT2D eigenvalue weighted by Gasteiger charge is 2.07. The molecule has 5 heteroatoms. The Morgan fingerprint density at radius 3 is 2.82 bits per heavy atom. The third-order valence-corrected chi connectivity index (χ3v) is 1.91. The molecule has 1 rings (SSSR count). The van der Waals surface area contributed by atoms with E-state index in [0.29, 0.717) is 0 Å². The summed E-state index contributed by atoms with van der Waals surface area (Å²) in [6.45, 7) is 3.98. The lowest BCUT2D eigenvalue weighted by Crippen LogP contribution is -2.10. The van der Waals surface area contributed by atoms with Gasteiger partial charge in [0, 0.05) is 0 Å². The summed E-state index contributed by atoms with van der Waals surface area (Å²) in [5.74, 6) is 0. The van der Waals surface area contributed by atoms with Gasteiger partial charge in [0.25, 0.3) is 0 Å². The van der Waals surface area contributed by atoms with Crippen molar-refractivity contribution < 1.29 is 0 Å². The van der Waals surface area contributed by atoms with Gasteiger partial charge in [-0.25, -0.2) is 9.89 Å². The molecule has 1 aromatic heterocycles. The van der Waals surface area contributed by atoms with E-state index in [-0.39, 0.29) is 11.3 Å². The number of H-pyrrole nitrogens is 1. The molecule has 0 saturated carbocycles. The van der Waals surface area contributed by atoms with Crippen LogP contribution in [0.3, 0.4) is 0 Å². The first-order chi connectivity index (χ1) is 5.15. The van der Waals surface area contributed by atoms with Gasteiger partial charge < -0.3 is 0 Å². The number of aromatic amines is 1. The number of hydrogen-bond donors (Lipinski definition) is 1. The zero-order valence-corrected chi connectivity index (χ0v) is 7.22. The summed E-state index contributed by atoms with van der Waals surface area (Å²) in [7, 11) is 0. The maximum atomic E-state index is 10.7. The molecule has 62 valence electrons. The van der Waals surface area contributed by atoms with E-state index in [9.17, 15) is 4.79 Å². The molecule has 0 aliphatic heterocycles. The Balaban J connectivity index is 3.02. The third-order valence-electron chi connectivity index (χ3n) is 1.64. The van der Waals surface area contributed by atoms with Crippen molar-refractivity contribution in [3.63, 3.8) is 0 Å². The van der Waals surface area contributed by atoms with Crippen molar-refractivity contribution in [2.24, 2.45) is 0 Å². The van der Waals surface area contributed by atoms with E-state index in [1.54, 1.807) is 4.68 Å². The summed E-state index contributed by atoms with van der Waals surface area (Å²) in [6, 6.07) is 0.192. The molecule has 1 unspecified atom stereocenters. The standard InChI is InChI=1S/C6H10ClN3O/c1-3-4(2)10-5(7)8-6(11)9-10/h4H,3H2,1-2H3,(H,9,11). The van der Waals surface area contributed by atoms with Gasteiger partial charge >= 0.3 is 5.69 Å². The van der Waals surface area contributed by atoms with Gasteiger partial charge in [-0.3, -0.25) is 4.68 Å². The third kappa shape index (κ3) is 1.63. The Bertz CT molecular complexity index is 290. The minimum absolute atomic E-state index is 0.192. The van der Waals surface area contributed by atoms with Crippen molar-refractivity contribution in [3.05, 3.63) is 15.8 Å². The monoisotopic (exact) mass is 175 g/mol. The summed E-state index contributed by atoms with van der Waals surface area (Å²) in [4.78, 5) is 14.2. The van der Waals surface area contributed by atoms with Crippen molar-refractivity contribution >= 4 is 11.6 Å². The Morgan fingerprint density at radius 2 is 2.45 bits per heavy atom. The van der Waals surface area contributed by atoms with Crippen LogP contribution in [-0.4, -0.2) is 14.8 Å². The average molecular weight is 176 g/mol. The molecule has 0 radical (unpaired) electrons. The van der Waals surface area contributed by atoms with Crippen LogP contribution in [0.2, 0.25) is 5.28 Å². The second-order valence-corrected chi connectivity index (χ2v) is 2.76. The van der Waals surface area contributed by atoms with Gasteiger partial charge in [-0.1, -0.05) is 6.92 Å². The Kier molecular flexibility index (Phi) is 2.34. The van der Waals surface area contributed by atoms with Crippen LogP contribution in [0.25, 0.3) is 0 Å². The first kappa shape index (κ1) is 8.33. The lowest BCUT2D eigenvalue weighted by Gasteiger charge is -2.08. The molecule has 0 saturated heterocycles. The Morgan fingerprint density at radius 1 is 1.82 bits per heavy atom. The van der Waals surface area contributed by atoms with E-state index < -0.39 is 5.69 Å². The van der Waals surface area contributed by atoms with E-state index in [0.717, 1.165) is 6.42 Å². The quantitative estimate of drug-likeness (QED) is 0.734. The van der Waals surface area contributed by atoms with E-state index in [1.807, 2.05) is 13.8 Å². The van der Waals surface area contributed by atoms with Gasteiger partial charge in [-0.2, -0.15) is 4.98 Å². The molecule has 0 spiro atoms. The first-order valence-electron chi connectivity index (χ1n) is 3.49. The normalized spacial score (nSPS) is 13.4. The smallest absolute Gasteiger partial charge is 0.254 e. The van der Waals surface area contributed by atoms with Crippen molar-refractivity contribution in [2.45, 2.75) is 26.3 Å². The lowest BCUT2D eigenvalue weighted by molar-refractivity contribution is 0.475. The van der Waals surface area contributed by atoms with E-state index >= 15 is 0 Å². The maximum Gasteiger partial charge on any atom is 0.362 e. The van der Waals surface area contributed by atoms with Crippen LogP contribution in [0.1, 0.15) is 26.3 Å². The lowest BCUT2D eigenvalue weighted by atomic mass is 10.3. The fourth-order valence-corrected chi connectivity index (χ4v) is 1.07. The number of rotatable bonds is 2. The topological polar surface area (TPSA) is 50.7 Å². The highest BCUT2D eigenvalue weighted by molar-refractivity contribution is 6.28. The van der Waals surface area contributed by atoms with Crippen LogP contribution in [0, 0.1) is 0 Å². The van der Waals surface area contributed by atoms with Gasteiger partial charge in [0.15, 0.2) is 0 Å². The Labute approximate surface area is 69.2 Å². The summed E-state index contributed by atoms with van der Waals surface area (Å²) in [5, 5.41) is 2.74. The van der Waals surface area contributed by atoms with Crippen molar-refractivity contribution in [2.75, 3.05) is 0 Å². The summed E-state index contributed by atoms with van der Waals surface area (Å²) >= 11 is 5.64. The molecule has 0 aliphatic carbocycles. The molecular formula is C6H10ClN3O. The van der Waals surface area contributed by atoms with E-state index in [4.69, 9.17) is 11.6 Å². The summed E-state index contributed by atoms with van der Waals surface area (Å²) in [5.41, 5.74) is -0.393. The SMILES string of the molecule is CCC(C)n1[nH]c(=O)nc1Cl. The zero-order chi connectivity index (χ0) is 8.43. The number of hydrogen-bond acceptors (Lipinski definition) is 2. The van der Waals surface area contributed by atoms with Crippen LogP contribution in [0.15, 0.2) is 4.79 Å². The van der Waals surface area contributed by atoms with Crippen LogP contribution in [0.5, 0.6) is 0 Å². The van der Waals surface area contributed by atoms with Crippen LogP contribution in [-0.2, 0) is 0 Å². The molecule has 0 amide bonds. The van der Waals surface area contributed by atoms with Gasteiger partial charge in [0.2, 0.25) is 5.28 Å². The van der Waals surface area contributed by atoms with Crippen molar-refractivity contribution in [1.29, 1.82) is 0 Å². The molecule has 1 N–H and O–H groups in total. The Hall–Kier alpha value is -0.770. The van der Waals surface area contributed by atoms with Gasteiger partial charge in [0.1, 0.15) is 0 Å². The first-order valence-corrected chi connectivity index (χ1v) is 3.87. The highest BCUT2D eigenvalue weighted by Crippen LogP contribution is 2.11. The molecular weight excluding hydrogens is 166 g/mol. The van der Waals surface area contributed by atoms with Crippen LogP contribution >= 0.6 is 11.6 Å². The van der Waals surface area contributed by atoms with Crippen LogP contribution < -0.4 is 5.69 Å². The maximum absolute atomic E-state index is 10.7. The molecule has 4 nitrogen and oxygen atoms in total. The molecule has 1 atom stereocenters. The second kappa shape index (κ2) is 3.09. The predicted molar refractivity (Wildman–Crippen MR) is 42.9 cm³/mol. The van der Waals surface area contributed by atoms with Gasteiger partial charge in [-0.05, 0) is 24.9 Å². The van der Waals surface area contributed by atoms with Gasteiger partial charge in [0.05, 0.1) is 6.04 Å². The van der Waals surface area contributed by atoms with Crippen molar-refractivity contribution in [3.8, 4) is 0 Å². The fourth-order valence-electron chi connectivity index (χ4n) is 0.786. The average Bonchev–Trinajstić information content (AvgIpc) is 2.28. The minimum atomic E-state index is -0.393. The molecule has 1 aromatic rings. The highest BCUT2D eigenvalue weighted by atomic mass is 35.5. The molecule has 1 heterocycles.